The Bertz CT molecular complexity index is 619. The van der Waals surface area contributed by atoms with Crippen molar-refractivity contribution in [1.82, 2.24) is 4.90 Å². The molecule has 1 saturated heterocycles. The molecule has 1 atom stereocenters. The number of rotatable bonds is 6. The summed E-state index contributed by atoms with van der Waals surface area (Å²) in [4.78, 5) is 24.7. The largest absolute Gasteiger partial charge is 0.381 e. The summed E-state index contributed by atoms with van der Waals surface area (Å²) in [6, 6.07) is 6.63. The van der Waals surface area contributed by atoms with E-state index in [1.54, 1.807) is 18.2 Å². The van der Waals surface area contributed by atoms with Crippen molar-refractivity contribution in [3.63, 3.8) is 0 Å². The Morgan fingerprint density at radius 2 is 2.22 bits per heavy atom. The van der Waals surface area contributed by atoms with Crippen molar-refractivity contribution in [3.8, 4) is 0 Å². The average molecular weight is 316 g/mol. The smallest absolute Gasteiger partial charge is 0.270 e. The summed E-state index contributed by atoms with van der Waals surface area (Å²) in [6.45, 7) is 2.24. The predicted molar refractivity (Wildman–Crippen MR) is 85.8 cm³/mol. The maximum absolute atomic E-state index is 12.5. The van der Waals surface area contributed by atoms with Crippen LogP contribution >= 0.6 is 0 Å². The van der Waals surface area contributed by atoms with Gasteiger partial charge in [0.1, 0.15) is 0 Å². The van der Waals surface area contributed by atoms with Crippen molar-refractivity contribution in [2.75, 3.05) is 19.8 Å². The van der Waals surface area contributed by atoms with Crippen LogP contribution in [-0.2, 0) is 9.53 Å². The summed E-state index contributed by atoms with van der Waals surface area (Å²) in [5.74, 6) is 0.400. The summed E-state index contributed by atoms with van der Waals surface area (Å²) in [6.07, 6.45) is 6.29. The van der Waals surface area contributed by atoms with E-state index in [-0.39, 0.29) is 11.6 Å². The molecule has 2 fully saturated rings. The summed E-state index contributed by atoms with van der Waals surface area (Å²) in [7, 11) is 0. The van der Waals surface area contributed by atoms with Crippen LogP contribution in [0.5, 0.6) is 0 Å². The summed E-state index contributed by atoms with van der Waals surface area (Å²) < 4.78 is 5.38. The van der Waals surface area contributed by atoms with Gasteiger partial charge in [-0.2, -0.15) is 0 Å². The van der Waals surface area contributed by atoms with E-state index in [1.165, 1.54) is 18.2 Å². The third kappa shape index (κ3) is 4.16. The standard InChI is InChI=1S/C17H20N2O4/c20-17(7-4-13-2-1-3-16(10-13)19(21)22)18(15-5-6-15)11-14-8-9-23-12-14/h1-4,7,10,14-15H,5-6,8-9,11-12H2/b7-4+. The first kappa shape index (κ1) is 15.7. The lowest BCUT2D eigenvalue weighted by molar-refractivity contribution is -0.384. The summed E-state index contributed by atoms with van der Waals surface area (Å²) >= 11 is 0. The molecular formula is C17H20N2O4. The molecule has 0 N–H and O–H groups in total. The molecule has 3 rings (SSSR count). The molecule has 1 saturated carbocycles. The summed E-state index contributed by atoms with van der Waals surface area (Å²) in [5.41, 5.74) is 0.689. The fourth-order valence-corrected chi connectivity index (χ4v) is 2.82. The molecule has 1 amide bonds. The van der Waals surface area contributed by atoms with Gasteiger partial charge in [0, 0.05) is 43.3 Å². The van der Waals surface area contributed by atoms with E-state index in [2.05, 4.69) is 0 Å². The lowest BCUT2D eigenvalue weighted by atomic mass is 10.1. The van der Waals surface area contributed by atoms with Crippen LogP contribution in [0, 0.1) is 16.0 Å². The number of carbonyl (C=O) groups is 1. The number of hydrogen-bond donors (Lipinski definition) is 0. The predicted octanol–water partition coefficient (Wildman–Crippen LogP) is 2.64. The molecule has 1 aliphatic carbocycles. The van der Waals surface area contributed by atoms with Gasteiger partial charge in [0.2, 0.25) is 5.91 Å². The van der Waals surface area contributed by atoms with Gasteiger partial charge in [-0.15, -0.1) is 0 Å². The quantitative estimate of drug-likeness (QED) is 0.459. The van der Waals surface area contributed by atoms with E-state index in [4.69, 9.17) is 4.74 Å². The number of nitro groups is 1. The number of ether oxygens (including phenoxy) is 1. The molecule has 6 nitrogen and oxygen atoms in total. The Hall–Kier alpha value is -2.21. The van der Waals surface area contributed by atoms with Gasteiger partial charge >= 0.3 is 0 Å². The van der Waals surface area contributed by atoms with Crippen molar-refractivity contribution < 1.29 is 14.5 Å². The van der Waals surface area contributed by atoms with Gasteiger partial charge in [-0.3, -0.25) is 14.9 Å². The van der Waals surface area contributed by atoms with Crippen molar-refractivity contribution in [1.29, 1.82) is 0 Å². The molecule has 1 unspecified atom stereocenters. The molecule has 1 aromatic rings. The molecule has 6 heteroatoms. The first-order valence-electron chi connectivity index (χ1n) is 7.94. The van der Waals surface area contributed by atoms with Crippen LogP contribution in [0.2, 0.25) is 0 Å². The highest BCUT2D eigenvalue weighted by molar-refractivity contribution is 5.92. The Morgan fingerprint density at radius 3 is 2.87 bits per heavy atom. The zero-order chi connectivity index (χ0) is 16.2. The lowest BCUT2D eigenvalue weighted by Crippen LogP contribution is -2.36. The molecule has 0 radical (unpaired) electrons. The van der Waals surface area contributed by atoms with Crippen molar-refractivity contribution in [2.45, 2.75) is 25.3 Å². The van der Waals surface area contributed by atoms with E-state index in [1.807, 2.05) is 4.90 Å². The minimum absolute atomic E-state index is 0.0223. The summed E-state index contributed by atoms with van der Waals surface area (Å²) in [5, 5.41) is 10.8. The number of nitrogens with zero attached hydrogens (tertiary/aromatic N) is 2. The van der Waals surface area contributed by atoms with E-state index >= 15 is 0 Å². The zero-order valence-corrected chi connectivity index (χ0v) is 12.9. The Kier molecular flexibility index (Phi) is 4.71. The maximum atomic E-state index is 12.5. The van der Waals surface area contributed by atoms with Crippen LogP contribution in [0.4, 0.5) is 5.69 Å². The molecule has 0 bridgehead atoms. The fourth-order valence-electron chi connectivity index (χ4n) is 2.82. The molecule has 1 aliphatic heterocycles. The monoisotopic (exact) mass is 316 g/mol. The number of benzene rings is 1. The highest BCUT2D eigenvalue weighted by Gasteiger charge is 2.33. The minimum Gasteiger partial charge on any atom is -0.381 e. The van der Waals surface area contributed by atoms with Gasteiger partial charge in [0.05, 0.1) is 11.5 Å². The second-order valence-corrected chi connectivity index (χ2v) is 6.14. The Labute approximate surface area is 134 Å². The molecule has 1 heterocycles. The molecule has 122 valence electrons. The maximum Gasteiger partial charge on any atom is 0.270 e. The van der Waals surface area contributed by atoms with Gasteiger partial charge < -0.3 is 9.64 Å². The molecule has 1 aromatic carbocycles. The van der Waals surface area contributed by atoms with E-state index in [0.717, 1.165) is 39.0 Å². The zero-order valence-electron chi connectivity index (χ0n) is 12.9. The molecule has 2 aliphatic rings. The van der Waals surface area contributed by atoms with E-state index in [9.17, 15) is 14.9 Å². The highest BCUT2D eigenvalue weighted by Crippen LogP contribution is 2.29. The van der Waals surface area contributed by atoms with Crippen molar-refractivity contribution in [3.05, 3.63) is 46.0 Å². The van der Waals surface area contributed by atoms with Gasteiger partial charge in [-0.1, -0.05) is 12.1 Å². The average Bonchev–Trinajstić information content (AvgIpc) is 3.26. The SMILES string of the molecule is O=C(/C=C/c1cccc([N+](=O)[O-])c1)N(CC1CCOC1)C1CC1. The molecule has 0 aromatic heterocycles. The van der Waals surface area contributed by atoms with Crippen molar-refractivity contribution >= 4 is 17.7 Å². The molecule has 23 heavy (non-hydrogen) atoms. The third-order valence-electron chi connectivity index (χ3n) is 4.25. The number of hydrogen-bond acceptors (Lipinski definition) is 4. The second-order valence-electron chi connectivity index (χ2n) is 6.14. The first-order valence-corrected chi connectivity index (χ1v) is 7.94. The van der Waals surface area contributed by atoms with Crippen LogP contribution in [0.15, 0.2) is 30.3 Å². The number of amides is 1. The van der Waals surface area contributed by atoms with E-state index in [0.29, 0.717) is 17.5 Å². The van der Waals surface area contributed by atoms with Crippen LogP contribution in [-0.4, -0.2) is 41.5 Å². The third-order valence-corrected chi connectivity index (χ3v) is 4.25. The van der Waals surface area contributed by atoms with Crippen LogP contribution in [0.3, 0.4) is 0 Å². The Balaban J connectivity index is 1.65. The van der Waals surface area contributed by atoms with Crippen molar-refractivity contribution in [2.24, 2.45) is 5.92 Å². The highest BCUT2D eigenvalue weighted by atomic mass is 16.6. The molecular weight excluding hydrogens is 296 g/mol. The minimum atomic E-state index is -0.435. The van der Waals surface area contributed by atoms with Crippen LogP contribution < -0.4 is 0 Å². The topological polar surface area (TPSA) is 72.7 Å². The second kappa shape index (κ2) is 6.91. The van der Waals surface area contributed by atoms with E-state index < -0.39 is 4.92 Å². The first-order chi connectivity index (χ1) is 11.1. The number of non-ortho nitro benzene ring substituents is 1. The molecule has 0 spiro atoms. The van der Waals surface area contributed by atoms with Gasteiger partial charge in [-0.05, 0) is 30.9 Å². The van der Waals surface area contributed by atoms with Gasteiger partial charge in [0.15, 0.2) is 0 Å². The van der Waals surface area contributed by atoms with Crippen LogP contribution in [0.1, 0.15) is 24.8 Å². The number of nitro benzene ring substituents is 1. The van der Waals surface area contributed by atoms with Crippen LogP contribution in [0.25, 0.3) is 6.08 Å². The van der Waals surface area contributed by atoms with Gasteiger partial charge in [0.25, 0.3) is 5.69 Å². The van der Waals surface area contributed by atoms with Gasteiger partial charge in [-0.25, -0.2) is 0 Å². The normalized spacial score (nSPS) is 20.8. The lowest BCUT2D eigenvalue weighted by Gasteiger charge is -2.23. The number of carbonyl (C=O) groups excluding carboxylic acids is 1. The fraction of sp³-hybridized carbons (Fsp3) is 0.471. The Morgan fingerprint density at radius 1 is 1.39 bits per heavy atom.